The van der Waals surface area contributed by atoms with Crippen molar-refractivity contribution >= 4 is 33.2 Å². The Bertz CT molecular complexity index is 1260. The molecule has 1 amide bonds. The zero-order valence-corrected chi connectivity index (χ0v) is 19.4. The summed E-state index contributed by atoms with van der Waals surface area (Å²) in [5.41, 5.74) is 2.61. The van der Waals surface area contributed by atoms with Crippen LogP contribution in [0, 0.1) is 0 Å². The Morgan fingerprint density at radius 1 is 1.22 bits per heavy atom. The number of hydrogen-bond acceptors (Lipinski definition) is 6. The van der Waals surface area contributed by atoms with E-state index in [4.69, 9.17) is 16.0 Å². The molecular formula is C22H23ClN4O4S. The molecule has 0 saturated carbocycles. The molecule has 0 aliphatic carbocycles. The number of carbonyl (C=O) groups excluding carboxylic acids is 1. The summed E-state index contributed by atoms with van der Waals surface area (Å²) < 4.78 is 31.0. The van der Waals surface area contributed by atoms with Crippen LogP contribution >= 0.6 is 11.6 Å². The number of rotatable bonds is 7. The number of carbonyl (C=O) groups is 1. The van der Waals surface area contributed by atoms with E-state index in [1.54, 1.807) is 35.2 Å². The lowest BCUT2D eigenvalue weighted by molar-refractivity contribution is 0.0728. The monoisotopic (exact) mass is 474 g/mol. The van der Waals surface area contributed by atoms with Gasteiger partial charge in [-0.15, -0.1) is 10.2 Å². The predicted molar refractivity (Wildman–Crippen MR) is 122 cm³/mol. The first kappa shape index (κ1) is 22.3. The number of sulfonamides is 1. The number of benzene rings is 2. The number of fused-ring (bicyclic) bond motifs is 1. The first-order valence-electron chi connectivity index (χ1n) is 10.2. The number of halogens is 1. The van der Waals surface area contributed by atoms with Crippen molar-refractivity contribution in [1.29, 1.82) is 0 Å². The van der Waals surface area contributed by atoms with Crippen LogP contribution in [0.4, 0.5) is 5.69 Å². The van der Waals surface area contributed by atoms with E-state index in [0.29, 0.717) is 53.1 Å². The van der Waals surface area contributed by atoms with Crippen molar-refractivity contribution in [1.82, 2.24) is 15.1 Å². The van der Waals surface area contributed by atoms with Crippen LogP contribution in [0.15, 0.2) is 46.9 Å². The summed E-state index contributed by atoms with van der Waals surface area (Å²) >= 11 is 6.21. The second-order valence-corrected chi connectivity index (χ2v) is 9.95. The van der Waals surface area contributed by atoms with Crippen molar-refractivity contribution in [2.75, 3.05) is 23.7 Å². The zero-order chi connectivity index (χ0) is 22.9. The molecule has 168 valence electrons. The molecule has 0 spiro atoms. The molecular weight excluding hydrogens is 452 g/mol. The minimum absolute atomic E-state index is 0.163. The Morgan fingerprint density at radius 3 is 2.72 bits per heavy atom. The third-order valence-corrected chi connectivity index (χ3v) is 6.77. The second-order valence-electron chi connectivity index (χ2n) is 7.64. The van der Waals surface area contributed by atoms with Crippen LogP contribution in [0.1, 0.15) is 35.2 Å². The normalized spacial score (nSPS) is 13.3. The van der Waals surface area contributed by atoms with Gasteiger partial charge in [-0.25, -0.2) is 8.42 Å². The van der Waals surface area contributed by atoms with E-state index in [1.807, 2.05) is 19.1 Å². The number of hydrogen-bond donors (Lipinski definition) is 0. The second kappa shape index (κ2) is 8.91. The average Bonchev–Trinajstić information content (AvgIpc) is 3.39. The Labute approximate surface area is 191 Å². The minimum Gasteiger partial charge on any atom is -0.419 e. The van der Waals surface area contributed by atoms with Gasteiger partial charge in [0.2, 0.25) is 21.8 Å². The standard InChI is InChI=1S/C22H23ClN4O4S/c1-3-11-26(14-20-24-25-21(31-20)17-6-4-5-7-18(17)23)22(28)16-8-9-19-15(13-16)10-12-27(19)32(2,29)30/h4-9,13H,3,10-12,14H2,1-2H3. The summed E-state index contributed by atoms with van der Waals surface area (Å²) in [5, 5.41) is 8.66. The maximum absolute atomic E-state index is 13.2. The molecule has 2 aromatic carbocycles. The molecule has 0 radical (unpaired) electrons. The highest BCUT2D eigenvalue weighted by Gasteiger charge is 2.28. The Hall–Kier alpha value is -2.91. The molecule has 10 heteroatoms. The molecule has 1 aromatic heterocycles. The number of amides is 1. The van der Waals surface area contributed by atoms with Crippen molar-refractivity contribution in [2.24, 2.45) is 0 Å². The van der Waals surface area contributed by atoms with Gasteiger partial charge in [-0.3, -0.25) is 9.10 Å². The van der Waals surface area contributed by atoms with Crippen molar-refractivity contribution < 1.29 is 17.6 Å². The van der Waals surface area contributed by atoms with E-state index in [0.717, 1.165) is 12.0 Å². The van der Waals surface area contributed by atoms with Crippen LogP contribution in [0.25, 0.3) is 11.5 Å². The molecule has 0 unspecified atom stereocenters. The minimum atomic E-state index is -3.34. The molecule has 3 aromatic rings. The molecule has 0 bridgehead atoms. The summed E-state index contributed by atoms with van der Waals surface area (Å²) in [6.45, 7) is 3.04. The highest BCUT2D eigenvalue weighted by Crippen LogP contribution is 2.31. The van der Waals surface area contributed by atoms with Crippen molar-refractivity contribution in [3.05, 3.63) is 64.5 Å². The molecule has 32 heavy (non-hydrogen) atoms. The molecule has 1 aliphatic rings. The van der Waals surface area contributed by atoms with Crippen LogP contribution in [-0.4, -0.2) is 48.8 Å². The molecule has 0 atom stereocenters. The highest BCUT2D eigenvalue weighted by atomic mass is 35.5. The van der Waals surface area contributed by atoms with Crippen LogP contribution in [-0.2, 0) is 23.0 Å². The third kappa shape index (κ3) is 4.49. The fraction of sp³-hybridized carbons (Fsp3) is 0.318. The van der Waals surface area contributed by atoms with E-state index in [2.05, 4.69) is 10.2 Å². The van der Waals surface area contributed by atoms with Gasteiger partial charge in [0.15, 0.2) is 0 Å². The maximum Gasteiger partial charge on any atom is 0.254 e. The van der Waals surface area contributed by atoms with Crippen molar-refractivity contribution in [3.63, 3.8) is 0 Å². The molecule has 4 rings (SSSR count). The lowest BCUT2D eigenvalue weighted by Gasteiger charge is -2.21. The summed E-state index contributed by atoms with van der Waals surface area (Å²) in [7, 11) is -3.34. The van der Waals surface area contributed by atoms with E-state index in [-0.39, 0.29) is 12.5 Å². The van der Waals surface area contributed by atoms with Gasteiger partial charge in [0.05, 0.1) is 29.1 Å². The third-order valence-electron chi connectivity index (χ3n) is 5.26. The quantitative estimate of drug-likeness (QED) is 0.517. The van der Waals surface area contributed by atoms with Crippen molar-refractivity contribution in [2.45, 2.75) is 26.3 Å². The van der Waals surface area contributed by atoms with E-state index in [9.17, 15) is 13.2 Å². The summed E-state index contributed by atoms with van der Waals surface area (Å²) in [5.74, 6) is 0.434. The van der Waals surface area contributed by atoms with Gasteiger partial charge in [-0.1, -0.05) is 30.7 Å². The molecule has 8 nitrogen and oxygen atoms in total. The number of aromatic nitrogens is 2. The van der Waals surface area contributed by atoms with Crippen LogP contribution < -0.4 is 4.31 Å². The molecule has 0 saturated heterocycles. The topological polar surface area (TPSA) is 96.6 Å². The molecule has 0 N–H and O–H groups in total. The van der Waals surface area contributed by atoms with Gasteiger partial charge in [0.1, 0.15) is 0 Å². The first-order chi connectivity index (χ1) is 15.3. The molecule has 2 heterocycles. The maximum atomic E-state index is 13.2. The van der Waals surface area contributed by atoms with Gasteiger partial charge in [-0.05, 0) is 48.7 Å². The predicted octanol–water partition coefficient (Wildman–Crippen LogP) is 3.76. The van der Waals surface area contributed by atoms with Gasteiger partial charge in [0.25, 0.3) is 5.91 Å². The van der Waals surface area contributed by atoms with Gasteiger partial charge in [0, 0.05) is 18.7 Å². The Balaban J connectivity index is 1.55. The highest BCUT2D eigenvalue weighted by molar-refractivity contribution is 7.92. The Kier molecular flexibility index (Phi) is 6.21. The summed E-state index contributed by atoms with van der Waals surface area (Å²) in [4.78, 5) is 14.9. The van der Waals surface area contributed by atoms with Gasteiger partial charge in [-0.2, -0.15) is 0 Å². The fourth-order valence-corrected chi connectivity index (χ4v) is 4.95. The number of nitrogens with zero attached hydrogens (tertiary/aromatic N) is 4. The first-order valence-corrected chi connectivity index (χ1v) is 12.5. The molecule has 0 fully saturated rings. The summed E-state index contributed by atoms with van der Waals surface area (Å²) in [6, 6.07) is 12.3. The van der Waals surface area contributed by atoms with E-state index < -0.39 is 10.0 Å². The smallest absolute Gasteiger partial charge is 0.254 e. The van der Waals surface area contributed by atoms with Crippen LogP contribution in [0.2, 0.25) is 5.02 Å². The van der Waals surface area contributed by atoms with Crippen LogP contribution in [0.3, 0.4) is 0 Å². The zero-order valence-electron chi connectivity index (χ0n) is 17.8. The van der Waals surface area contributed by atoms with Crippen molar-refractivity contribution in [3.8, 4) is 11.5 Å². The largest absolute Gasteiger partial charge is 0.419 e. The average molecular weight is 475 g/mol. The lowest BCUT2D eigenvalue weighted by atomic mass is 10.1. The van der Waals surface area contributed by atoms with E-state index >= 15 is 0 Å². The SMILES string of the molecule is CCCN(Cc1nnc(-c2ccccc2Cl)o1)C(=O)c1ccc2c(c1)CCN2S(C)(=O)=O. The van der Waals surface area contributed by atoms with Crippen LogP contribution in [0.5, 0.6) is 0 Å². The Morgan fingerprint density at radius 2 is 2.00 bits per heavy atom. The number of anilines is 1. The van der Waals surface area contributed by atoms with Gasteiger partial charge < -0.3 is 9.32 Å². The van der Waals surface area contributed by atoms with E-state index in [1.165, 1.54) is 10.6 Å². The lowest BCUT2D eigenvalue weighted by Crippen LogP contribution is -2.31. The van der Waals surface area contributed by atoms with Gasteiger partial charge >= 0.3 is 0 Å². The summed E-state index contributed by atoms with van der Waals surface area (Å²) in [6.07, 6.45) is 2.51. The molecule has 1 aliphatic heterocycles. The fourth-order valence-electron chi connectivity index (χ4n) is 3.78.